The van der Waals surface area contributed by atoms with E-state index in [2.05, 4.69) is 0 Å². The minimum atomic E-state index is -3.27. The Kier molecular flexibility index (Phi) is 6.25. The fourth-order valence-electron chi connectivity index (χ4n) is 1.16. The van der Waals surface area contributed by atoms with E-state index in [1.54, 1.807) is 0 Å². The van der Waals surface area contributed by atoms with Crippen LogP contribution in [-0.2, 0) is 19.4 Å². The van der Waals surface area contributed by atoms with Gasteiger partial charge in [-0.2, -0.15) is 0 Å². The zero-order valence-corrected chi connectivity index (χ0v) is 11.4. The molecule has 0 aromatic carbocycles. The Bertz CT molecular complexity index is 443. The molecule has 0 aromatic rings. The third-order valence-electron chi connectivity index (χ3n) is 2.05. The lowest BCUT2D eigenvalue weighted by atomic mass is 10.4. The van der Waals surface area contributed by atoms with Crippen LogP contribution in [0.1, 0.15) is 0 Å². The molecule has 19 heavy (non-hydrogen) atoms. The third-order valence-corrected chi connectivity index (χ3v) is 2.97. The van der Waals surface area contributed by atoms with Crippen molar-refractivity contribution in [1.29, 1.82) is 0 Å². The molecule has 0 aromatic heterocycles. The second kappa shape index (κ2) is 6.92. The number of sulfone groups is 1. The maximum absolute atomic E-state index is 11.8. The van der Waals surface area contributed by atoms with Gasteiger partial charge in [-0.05, 0) is 0 Å². The summed E-state index contributed by atoms with van der Waals surface area (Å²) in [7, 11) is -2.00. The van der Waals surface area contributed by atoms with E-state index < -0.39 is 40.9 Å². The quantitative estimate of drug-likeness (QED) is 0.587. The molecule has 9 nitrogen and oxygen atoms in total. The topological polar surface area (TPSA) is 132 Å². The first-order valence-corrected chi connectivity index (χ1v) is 7.20. The number of nitrogens with zero attached hydrogens (tertiary/aromatic N) is 2. The maximum Gasteiger partial charge on any atom is 0.323 e. The number of hydrogen-bond donors (Lipinski definition) is 2. The minimum absolute atomic E-state index is 0.145. The van der Waals surface area contributed by atoms with E-state index in [1.807, 2.05) is 0 Å². The summed E-state index contributed by atoms with van der Waals surface area (Å²) in [5.74, 6) is -3.00. The molecule has 0 aliphatic heterocycles. The number of carboxylic acids is 2. The number of rotatable bonds is 7. The zero-order valence-electron chi connectivity index (χ0n) is 10.6. The van der Waals surface area contributed by atoms with Crippen molar-refractivity contribution in [2.24, 2.45) is 0 Å². The third kappa shape index (κ3) is 7.97. The van der Waals surface area contributed by atoms with Gasteiger partial charge in [-0.25, -0.2) is 13.2 Å². The molecule has 0 heterocycles. The molecule has 0 radical (unpaired) electrons. The molecule has 0 aliphatic rings. The number of amides is 2. The van der Waals surface area contributed by atoms with Crippen molar-refractivity contribution < 1.29 is 33.0 Å². The zero-order chi connectivity index (χ0) is 15.2. The summed E-state index contributed by atoms with van der Waals surface area (Å²) in [5.41, 5.74) is 0. The second-order valence-electron chi connectivity index (χ2n) is 3.98. The van der Waals surface area contributed by atoms with Gasteiger partial charge in [0.2, 0.25) is 0 Å². The number of hydrogen-bond acceptors (Lipinski definition) is 5. The summed E-state index contributed by atoms with van der Waals surface area (Å²) in [5, 5.41) is 17.2. The predicted molar refractivity (Wildman–Crippen MR) is 64.6 cm³/mol. The van der Waals surface area contributed by atoms with Gasteiger partial charge in [0.25, 0.3) is 0 Å². The Balaban J connectivity index is 4.68. The van der Waals surface area contributed by atoms with Crippen molar-refractivity contribution in [3.05, 3.63) is 0 Å². The maximum atomic E-state index is 11.8. The molecule has 0 rings (SSSR count). The van der Waals surface area contributed by atoms with Crippen LogP contribution in [0, 0.1) is 0 Å². The molecule has 2 N–H and O–H groups in total. The average Bonchev–Trinajstić information content (AvgIpc) is 2.21. The normalized spacial score (nSPS) is 10.8. The fraction of sp³-hybridized carbons (Fsp3) is 0.667. The Morgan fingerprint density at radius 2 is 1.47 bits per heavy atom. The Hall–Kier alpha value is -1.84. The lowest BCUT2D eigenvalue weighted by Crippen LogP contribution is -2.47. The Morgan fingerprint density at radius 1 is 1.05 bits per heavy atom. The van der Waals surface area contributed by atoms with Crippen molar-refractivity contribution in [2.45, 2.75) is 0 Å². The largest absolute Gasteiger partial charge is 0.480 e. The molecule has 0 fully saturated rings. The van der Waals surface area contributed by atoms with Gasteiger partial charge in [-0.15, -0.1) is 0 Å². The Morgan fingerprint density at radius 3 is 1.79 bits per heavy atom. The van der Waals surface area contributed by atoms with Gasteiger partial charge >= 0.3 is 18.0 Å². The molecule has 0 unspecified atom stereocenters. The van der Waals surface area contributed by atoms with Crippen LogP contribution in [0.25, 0.3) is 0 Å². The lowest BCUT2D eigenvalue weighted by molar-refractivity contribution is -0.140. The highest BCUT2D eigenvalue weighted by Gasteiger charge is 2.23. The minimum Gasteiger partial charge on any atom is -0.480 e. The molecule has 0 atom stereocenters. The summed E-state index contributed by atoms with van der Waals surface area (Å²) < 4.78 is 21.9. The second-order valence-corrected chi connectivity index (χ2v) is 6.24. The van der Waals surface area contributed by atoms with Gasteiger partial charge in [0.15, 0.2) is 0 Å². The monoisotopic (exact) mass is 296 g/mol. The summed E-state index contributed by atoms with van der Waals surface area (Å²) in [6.07, 6.45) is 0.998. The van der Waals surface area contributed by atoms with Crippen molar-refractivity contribution >= 4 is 27.8 Å². The first-order chi connectivity index (χ1) is 8.53. The van der Waals surface area contributed by atoms with Crippen LogP contribution in [0.2, 0.25) is 0 Å². The van der Waals surface area contributed by atoms with E-state index in [0.29, 0.717) is 4.90 Å². The van der Waals surface area contributed by atoms with E-state index >= 15 is 0 Å². The van der Waals surface area contributed by atoms with Crippen molar-refractivity contribution in [3.63, 3.8) is 0 Å². The molecule has 10 heteroatoms. The van der Waals surface area contributed by atoms with Gasteiger partial charge in [0.05, 0.1) is 5.75 Å². The number of aliphatic carboxylic acids is 2. The van der Waals surface area contributed by atoms with E-state index in [4.69, 9.17) is 10.2 Å². The molecule has 0 saturated carbocycles. The van der Waals surface area contributed by atoms with Crippen molar-refractivity contribution in [3.8, 4) is 0 Å². The molecule has 110 valence electrons. The highest BCUT2D eigenvalue weighted by Crippen LogP contribution is 1.98. The molecule has 0 bridgehead atoms. The van der Waals surface area contributed by atoms with E-state index in [9.17, 15) is 22.8 Å². The average molecular weight is 296 g/mol. The SMILES string of the molecule is CN(CCS(C)(=O)=O)C(=O)N(CC(=O)O)CC(=O)O. The summed E-state index contributed by atoms with van der Waals surface area (Å²) >= 11 is 0. The summed E-state index contributed by atoms with van der Waals surface area (Å²) in [6.45, 7) is -1.68. The lowest BCUT2D eigenvalue weighted by Gasteiger charge is -2.25. The molecule has 0 spiro atoms. The summed E-state index contributed by atoms with van der Waals surface area (Å²) in [6, 6.07) is -0.853. The predicted octanol–water partition coefficient (Wildman–Crippen LogP) is -1.45. The van der Waals surface area contributed by atoms with E-state index in [0.717, 1.165) is 11.2 Å². The van der Waals surface area contributed by atoms with Crippen LogP contribution in [0.3, 0.4) is 0 Å². The summed E-state index contributed by atoms with van der Waals surface area (Å²) in [4.78, 5) is 34.4. The fourth-order valence-corrected chi connectivity index (χ4v) is 1.76. The van der Waals surface area contributed by atoms with Crippen molar-refractivity contribution in [2.75, 3.05) is 38.7 Å². The molecule has 0 saturated heterocycles. The first-order valence-electron chi connectivity index (χ1n) is 5.14. The van der Waals surface area contributed by atoms with Crippen LogP contribution >= 0.6 is 0 Å². The first kappa shape index (κ1) is 17.2. The number of carbonyl (C=O) groups is 3. The number of urea groups is 1. The van der Waals surface area contributed by atoms with E-state index in [-0.39, 0.29) is 12.3 Å². The smallest absolute Gasteiger partial charge is 0.323 e. The van der Waals surface area contributed by atoms with Crippen LogP contribution in [0.15, 0.2) is 0 Å². The molecular formula is C9H16N2O7S. The van der Waals surface area contributed by atoms with Gasteiger partial charge in [0, 0.05) is 19.8 Å². The molecule has 2 amide bonds. The van der Waals surface area contributed by atoms with Gasteiger partial charge < -0.3 is 20.0 Å². The standard InChI is InChI=1S/C9H16N2O7S/c1-10(3-4-19(2,17)18)9(16)11(5-7(12)13)6-8(14)15/h3-6H2,1-2H3,(H,12,13)(H,14,15). The Labute approximate surface area is 110 Å². The molecular weight excluding hydrogens is 280 g/mol. The van der Waals surface area contributed by atoms with Gasteiger partial charge in [-0.1, -0.05) is 0 Å². The number of carbonyl (C=O) groups excluding carboxylic acids is 1. The number of carboxylic acid groups (broad SMARTS) is 2. The van der Waals surface area contributed by atoms with E-state index in [1.165, 1.54) is 7.05 Å². The van der Waals surface area contributed by atoms with Crippen molar-refractivity contribution in [1.82, 2.24) is 9.80 Å². The van der Waals surface area contributed by atoms with Gasteiger partial charge in [0.1, 0.15) is 22.9 Å². The molecule has 0 aliphatic carbocycles. The highest BCUT2D eigenvalue weighted by molar-refractivity contribution is 7.90. The van der Waals surface area contributed by atoms with Crippen LogP contribution < -0.4 is 0 Å². The van der Waals surface area contributed by atoms with Crippen LogP contribution in [0.4, 0.5) is 4.79 Å². The van der Waals surface area contributed by atoms with Crippen LogP contribution in [-0.4, -0.2) is 85.1 Å². The highest BCUT2D eigenvalue weighted by atomic mass is 32.2. The van der Waals surface area contributed by atoms with Gasteiger partial charge in [-0.3, -0.25) is 9.59 Å². The van der Waals surface area contributed by atoms with Crippen LogP contribution in [0.5, 0.6) is 0 Å².